The molecule has 1 aromatic heterocycles. The number of rotatable bonds is 5. The van der Waals surface area contributed by atoms with E-state index in [9.17, 15) is 19.7 Å². The molecule has 2 rings (SSSR count). The van der Waals surface area contributed by atoms with Crippen molar-refractivity contribution in [1.82, 2.24) is 10.0 Å². The lowest BCUT2D eigenvalue weighted by Crippen LogP contribution is -2.39. The predicted octanol–water partition coefficient (Wildman–Crippen LogP) is -0.0320. The summed E-state index contributed by atoms with van der Waals surface area (Å²) in [5.74, 6) is -0.750. The van der Waals surface area contributed by atoms with Gasteiger partial charge < -0.3 is 4.74 Å². The second-order valence-corrected chi connectivity index (χ2v) is 4.44. The number of esters is 1. The third kappa shape index (κ3) is 3.48. The summed E-state index contributed by atoms with van der Waals surface area (Å²) in [7, 11) is 1.48. The monoisotopic (exact) mass is 320 g/mol. The average Bonchev–Trinajstić information content (AvgIpc) is 2.80. The number of hydrogen-bond acceptors (Lipinski definition) is 6. The van der Waals surface area contributed by atoms with Crippen LogP contribution in [0, 0.1) is 10.1 Å². The van der Waals surface area contributed by atoms with Crippen LogP contribution in [0.4, 0.5) is 5.69 Å². The second-order valence-electron chi connectivity index (χ2n) is 4.44. The number of carbonyl (C=O) groups excluding carboxylic acids is 1. The van der Waals surface area contributed by atoms with Gasteiger partial charge in [0.15, 0.2) is 0 Å². The van der Waals surface area contributed by atoms with E-state index in [1.165, 1.54) is 42.2 Å². The first-order chi connectivity index (χ1) is 10.9. The summed E-state index contributed by atoms with van der Waals surface area (Å²) < 4.78 is 5.99. The van der Waals surface area contributed by atoms with Gasteiger partial charge >= 0.3 is 17.2 Å². The molecule has 10 nitrogen and oxygen atoms in total. The third-order valence-electron chi connectivity index (χ3n) is 2.87. The molecule has 2 aromatic rings. The number of nitro groups is 1. The molecule has 0 radical (unpaired) electrons. The minimum absolute atomic E-state index is 0.0461. The van der Waals surface area contributed by atoms with E-state index < -0.39 is 16.5 Å². The zero-order valence-corrected chi connectivity index (χ0v) is 12.4. The van der Waals surface area contributed by atoms with Crippen molar-refractivity contribution in [2.75, 3.05) is 6.61 Å². The van der Waals surface area contributed by atoms with Gasteiger partial charge in [-0.1, -0.05) is 10.3 Å². The number of hydrogen-bond donors (Lipinski definition) is 1. The van der Waals surface area contributed by atoms with Crippen LogP contribution in [-0.4, -0.2) is 33.7 Å². The number of benzene rings is 1. The molecule has 0 amide bonds. The molecule has 0 atom stereocenters. The average molecular weight is 320 g/mol. The quantitative estimate of drug-likeness (QED) is 0.272. The minimum Gasteiger partial charge on any atom is -0.459 e. The number of nitro benzene ring substituents is 1. The minimum atomic E-state index is -0.750. The van der Waals surface area contributed by atoms with Gasteiger partial charge in [-0.15, -0.1) is 4.68 Å². The fourth-order valence-corrected chi connectivity index (χ4v) is 1.79. The van der Waals surface area contributed by atoms with Crippen molar-refractivity contribution in [3.8, 4) is 0 Å². The molecule has 0 aliphatic heterocycles. The van der Waals surface area contributed by atoms with Crippen LogP contribution in [0.1, 0.15) is 23.0 Å². The topological polar surface area (TPSA) is 123 Å². The van der Waals surface area contributed by atoms with Crippen molar-refractivity contribution in [3.63, 3.8) is 0 Å². The summed E-state index contributed by atoms with van der Waals surface area (Å²) in [6, 6.07) is 5.62. The highest BCUT2D eigenvalue weighted by Crippen LogP contribution is 2.10. The molecule has 1 N–H and O–H groups in total. The fraction of sp³-hybridized carbons (Fsp3) is 0.231. The van der Waals surface area contributed by atoms with Crippen LogP contribution in [0.15, 0.2) is 34.2 Å². The van der Waals surface area contributed by atoms with Gasteiger partial charge in [0.05, 0.1) is 17.7 Å². The first kappa shape index (κ1) is 16.1. The summed E-state index contributed by atoms with van der Waals surface area (Å²) in [5, 5.41) is 17.0. The van der Waals surface area contributed by atoms with E-state index >= 15 is 0 Å². The molecular formula is C13H14N5O5+. The zero-order valence-electron chi connectivity index (χ0n) is 12.4. The summed E-state index contributed by atoms with van der Waals surface area (Å²) in [4.78, 5) is 34.7. The molecule has 120 valence electrons. The number of carbonyl (C=O) groups is 1. The largest absolute Gasteiger partial charge is 0.459 e. The molecule has 0 aliphatic carbocycles. The molecule has 10 heteroatoms. The van der Waals surface area contributed by atoms with E-state index in [0.717, 1.165) is 4.79 Å². The van der Waals surface area contributed by atoms with E-state index in [0.29, 0.717) is 5.56 Å². The zero-order chi connectivity index (χ0) is 17.0. The van der Waals surface area contributed by atoms with Crippen molar-refractivity contribution in [3.05, 3.63) is 56.0 Å². The lowest BCUT2D eigenvalue weighted by atomic mass is 10.2. The van der Waals surface area contributed by atoms with E-state index in [1.54, 1.807) is 6.92 Å². The maximum Gasteiger partial charge on any atom is 0.434 e. The molecule has 0 saturated carbocycles. The van der Waals surface area contributed by atoms with Gasteiger partial charge in [0.2, 0.25) is 0 Å². The molecule has 0 fully saturated rings. The molecular weight excluding hydrogens is 306 g/mol. The van der Waals surface area contributed by atoms with Gasteiger partial charge in [-0.25, -0.2) is 9.59 Å². The lowest BCUT2D eigenvalue weighted by molar-refractivity contribution is -0.734. The van der Waals surface area contributed by atoms with Crippen LogP contribution in [0.25, 0.3) is 0 Å². The number of nitrogens with zero attached hydrogens (tertiary/aromatic N) is 4. The van der Waals surface area contributed by atoms with Gasteiger partial charge in [0, 0.05) is 16.9 Å². The molecule has 1 heterocycles. The van der Waals surface area contributed by atoms with Gasteiger partial charge in [0.1, 0.15) is 7.05 Å². The standard InChI is InChI=1S/C13H13N5O5/c1-3-23-13(20)11-12(19)17(15-16(11)2)14-8-9-4-6-10(7-5-9)18(21)22/h4-8H,3H2,1-2H3/p+1/b14-8-. The Morgan fingerprint density at radius 3 is 2.70 bits per heavy atom. The summed E-state index contributed by atoms with van der Waals surface area (Å²) in [6.07, 6.45) is 1.33. The summed E-state index contributed by atoms with van der Waals surface area (Å²) in [6.45, 7) is 1.78. The summed E-state index contributed by atoms with van der Waals surface area (Å²) >= 11 is 0. The molecule has 1 aromatic carbocycles. The third-order valence-corrected chi connectivity index (χ3v) is 2.87. The Morgan fingerprint density at radius 1 is 1.48 bits per heavy atom. The Hall–Kier alpha value is -3.30. The van der Waals surface area contributed by atoms with Crippen LogP contribution in [0.2, 0.25) is 0 Å². The molecule has 0 spiro atoms. The Balaban J connectivity index is 2.26. The number of aromatic nitrogens is 3. The highest BCUT2D eigenvalue weighted by Gasteiger charge is 2.27. The van der Waals surface area contributed by atoms with Crippen LogP contribution >= 0.6 is 0 Å². The Bertz CT molecular complexity index is 818. The first-order valence-electron chi connectivity index (χ1n) is 6.61. The molecule has 0 aliphatic rings. The van der Waals surface area contributed by atoms with Crippen molar-refractivity contribution in [2.24, 2.45) is 12.1 Å². The summed E-state index contributed by atoms with van der Waals surface area (Å²) in [5.41, 5.74) is -0.343. The maximum atomic E-state index is 12.1. The van der Waals surface area contributed by atoms with Gasteiger partial charge in [-0.2, -0.15) is 0 Å². The van der Waals surface area contributed by atoms with Crippen LogP contribution < -0.4 is 10.2 Å². The van der Waals surface area contributed by atoms with Crippen molar-refractivity contribution >= 4 is 17.9 Å². The number of nitrogens with one attached hydrogen (secondary N) is 1. The number of aryl methyl sites for hydroxylation is 1. The molecule has 0 unspecified atom stereocenters. The lowest BCUT2D eigenvalue weighted by Gasteiger charge is -1.94. The highest BCUT2D eigenvalue weighted by molar-refractivity contribution is 5.85. The highest BCUT2D eigenvalue weighted by atomic mass is 16.6. The SMILES string of the molecule is CCOC(=O)c1c(=O)n(/N=C\c2ccc([N+](=O)[O-])cc2)[nH][n+]1C. The smallest absolute Gasteiger partial charge is 0.434 e. The van der Waals surface area contributed by atoms with Crippen molar-refractivity contribution in [2.45, 2.75) is 6.92 Å². The Kier molecular flexibility index (Phi) is 4.64. The number of non-ortho nitro benzene ring substituents is 1. The van der Waals surface area contributed by atoms with Crippen molar-refractivity contribution in [1.29, 1.82) is 0 Å². The van der Waals surface area contributed by atoms with E-state index in [2.05, 4.69) is 10.3 Å². The van der Waals surface area contributed by atoms with Crippen LogP contribution in [0.3, 0.4) is 0 Å². The number of aromatic amines is 1. The first-order valence-corrected chi connectivity index (χ1v) is 6.61. The number of H-pyrrole nitrogens is 1. The van der Waals surface area contributed by atoms with E-state index in [-0.39, 0.29) is 18.0 Å². The Morgan fingerprint density at radius 2 is 2.13 bits per heavy atom. The fourth-order valence-electron chi connectivity index (χ4n) is 1.79. The Labute approximate surface area is 129 Å². The molecule has 0 saturated heterocycles. The molecule has 23 heavy (non-hydrogen) atoms. The van der Waals surface area contributed by atoms with Gasteiger partial charge in [0.25, 0.3) is 5.69 Å². The van der Waals surface area contributed by atoms with Crippen LogP contribution in [0.5, 0.6) is 0 Å². The maximum absolute atomic E-state index is 12.1. The second kappa shape index (κ2) is 6.64. The normalized spacial score (nSPS) is 10.9. The van der Waals surface area contributed by atoms with E-state index in [1.807, 2.05) is 0 Å². The van der Waals surface area contributed by atoms with Gasteiger partial charge in [-0.05, 0) is 24.6 Å². The van der Waals surface area contributed by atoms with Crippen molar-refractivity contribution < 1.29 is 19.1 Å². The number of ether oxygens (including phenoxy) is 1. The van der Waals surface area contributed by atoms with Crippen LogP contribution in [-0.2, 0) is 11.8 Å². The molecule has 0 bridgehead atoms. The van der Waals surface area contributed by atoms with Gasteiger partial charge in [-0.3, -0.25) is 10.1 Å². The van der Waals surface area contributed by atoms with E-state index in [4.69, 9.17) is 4.74 Å². The predicted molar refractivity (Wildman–Crippen MR) is 78.3 cm³/mol.